The van der Waals surface area contributed by atoms with Crippen molar-refractivity contribution < 1.29 is 30.0 Å². The minimum atomic E-state index is -1.50. The van der Waals surface area contributed by atoms with E-state index in [1.807, 2.05) is 13.8 Å². The van der Waals surface area contributed by atoms with Crippen LogP contribution in [0, 0.1) is 11.8 Å². The van der Waals surface area contributed by atoms with Crippen molar-refractivity contribution in [3.8, 4) is 0 Å². The van der Waals surface area contributed by atoms with Gasteiger partial charge in [0, 0.05) is 6.42 Å². The zero-order chi connectivity index (χ0) is 16.9. The molecule has 22 heavy (non-hydrogen) atoms. The summed E-state index contributed by atoms with van der Waals surface area (Å²) in [5, 5.41) is 41.0. The number of aliphatic hydroxyl groups is 4. The topological polar surface area (TPSA) is 145 Å². The van der Waals surface area contributed by atoms with Crippen LogP contribution in [0.25, 0.3) is 0 Å². The molecule has 1 heterocycles. The number of nitrogens with two attached hydrogens (primary N) is 1. The van der Waals surface area contributed by atoms with E-state index in [-0.39, 0.29) is 18.2 Å². The standard InChI is InChI=1S/C14H28N2O6/c1-7(2)3-8(5-15)4-10(18)16-11-13(20)12(19)9(6-17)22-14(11)21/h7-9,11-14,17,19-21H,3-6,15H2,1-2H3,(H,16,18)/t8-,9+,11+,12-,13+,14?/m0/s1. The van der Waals surface area contributed by atoms with Crippen LogP contribution in [-0.4, -0.2) is 70.1 Å². The predicted octanol–water partition coefficient (Wildman–Crippen LogP) is -2.09. The molecule has 7 N–H and O–H groups in total. The molecule has 0 aliphatic carbocycles. The van der Waals surface area contributed by atoms with Crippen molar-refractivity contribution in [1.29, 1.82) is 0 Å². The second-order valence-corrected chi connectivity index (χ2v) is 6.26. The van der Waals surface area contributed by atoms with Crippen LogP contribution in [0.4, 0.5) is 0 Å². The molecule has 130 valence electrons. The summed E-state index contributed by atoms with van der Waals surface area (Å²) < 4.78 is 4.98. The van der Waals surface area contributed by atoms with Crippen LogP contribution in [0.3, 0.4) is 0 Å². The van der Waals surface area contributed by atoms with E-state index in [2.05, 4.69) is 5.32 Å². The lowest BCUT2D eigenvalue weighted by Crippen LogP contribution is -2.64. The summed E-state index contributed by atoms with van der Waals surface area (Å²) in [7, 11) is 0. The van der Waals surface area contributed by atoms with Crippen LogP contribution in [0.5, 0.6) is 0 Å². The third-order valence-corrected chi connectivity index (χ3v) is 3.84. The molecule has 0 aromatic heterocycles. The quantitative estimate of drug-likeness (QED) is 0.315. The van der Waals surface area contributed by atoms with Gasteiger partial charge < -0.3 is 36.2 Å². The van der Waals surface area contributed by atoms with Crippen molar-refractivity contribution >= 4 is 5.91 Å². The van der Waals surface area contributed by atoms with Gasteiger partial charge in [0.15, 0.2) is 6.29 Å². The van der Waals surface area contributed by atoms with Crippen molar-refractivity contribution in [3.63, 3.8) is 0 Å². The molecule has 0 saturated carbocycles. The lowest BCUT2D eigenvalue weighted by molar-refractivity contribution is -0.253. The second kappa shape index (κ2) is 8.76. The van der Waals surface area contributed by atoms with Gasteiger partial charge in [-0.1, -0.05) is 13.8 Å². The van der Waals surface area contributed by atoms with Gasteiger partial charge in [0.1, 0.15) is 24.4 Å². The van der Waals surface area contributed by atoms with Crippen LogP contribution in [0.2, 0.25) is 0 Å². The van der Waals surface area contributed by atoms with E-state index < -0.39 is 37.3 Å². The fraction of sp³-hybridized carbons (Fsp3) is 0.929. The highest BCUT2D eigenvalue weighted by Gasteiger charge is 2.44. The smallest absolute Gasteiger partial charge is 0.220 e. The maximum Gasteiger partial charge on any atom is 0.220 e. The first-order valence-electron chi connectivity index (χ1n) is 7.60. The molecule has 0 aromatic carbocycles. The zero-order valence-corrected chi connectivity index (χ0v) is 13.1. The molecule has 1 aliphatic heterocycles. The van der Waals surface area contributed by atoms with Gasteiger partial charge in [0.05, 0.1) is 6.61 Å². The van der Waals surface area contributed by atoms with Gasteiger partial charge in [-0.15, -0.1) is 0 Å². The second-order valence-electron chi connectivity index (χ2n) is 6.26. The fourth-order valence-corrected chi connectivity index (χ4v) is 2.69. The van der Waals surface area contributed by atoms with E-state index in [0.29, 0.717) is 12.5 Å². The van der Waals surface area contributed by atoms with Crippen molar-refractivity contribution in [2.24, 2.45) is 17.6 Å². The van der Waals surface area contributed by atoms with E-state index >= 15 is 0 Å². The number of aliphatic hydroxyl groups excluding tert-OH is 4. The molecule has 0 bridgehead atoms. The summed E-state index contributed by atoms with van der Waals surface area (Å²) in [4.78, 5) is 12.0. The molecule has 1 saturated heterocycles. The van der Waals surface area contributed by atoms with Gasteiger partial charge in [0.2, 0.25) is 5.91 Å². The summed E-state index contributed by atoms with van der Waals surface area (Å²) in [6.45, 7) is 3.90. The average Bonchev–Trinajstić information content (AvgIpc) is 2.46. The van der Waals surface area contributed by atoms with Crippen LogP contribution in [-0.2, 0) is 9.53 Å². The first kappa shape index (κ1) is 19.3. The SMILES string of the molecule is CC(C)C[C@H](CN)CC(=O)N[C@H]1C(O)O[C@H](CO)[C@H](O)[C@@H]1O. The summed E-state index contributed by atoms with van der Waals surface area (Å²) in [6.07, 6.45) is -4.43. The molecule has 1 amide bonds. The molecule has 1 fully saturated rings. The molecule has 1 unspecified atom stereocenters. The molecule has 1 aliphatic rings. The third-order valence-electron chi connectivity index (χ3n) is 3.84. The Morgan fingerprint density at radius 1 is 1.27 bits per heavy atom. The molecule has 1 rings (SSSR count). The van der Waals surface area contributed by atoms with Crippen LogP contribution in [0.1, 0.15) is 26.7 Å². The monoisotopic (exact) mass is 320 g/mol. The highest BCUT2D eigenvalue weighted by molar-refractivity contribution is 5.76. The Balaban J connectivity index is 2.59. The van der Waals surface area contributed by atoms with Crippen LogP contribution >= 0.6 is 0 Å². The normalized spacial score (nSPS) is 33.7. The number of nitrogens with one attached hydrogen (secondary N) is 1. The largest absolute Gasteiger partial charge is 0.394 e. The van der Waals surface area contributed by atoms with Crippen LogP contribution in [0.15, 0.2) is 0 Å². The van der Waals surface area contributed by atoms with Crippen molar-refractivity contribution in [1.82, 2.24) is 5.32 Å². The maximum absolute atomic E-state index is 12.0. The number of hydrogen-bond acceptors (Lipinski definition) is 7. The maximum atomic E-state index is 12.0. The van der Waals surface area contributed by atoms with E-state index in [1.165, 1.54) is 0 Å². The average molecular weight is 320 g/mol. The zero-order valence-electron chi connectivity index (χ0n) is 13.1. The molecule has 6 atom stereocenters. The number of ether oxygens (including phenoxy) is 1. The Morgan fingerprint density at radius 2 is 1.91 bits per heavy atom. The van der Waals surface area contributed by atoms with E-state index in [1.54, 1.807) is 0 Å². The number of rotatable bonds is 7. The predicted molar refractivity (Wildman–Crippen MR) is 78.5 cm³/mol. The van der Waals surface area contributed by atoms with Gasteiger partial charge in [-0.05, 0) is 24.8 Å². The molecular weight excluding hydrogens is 292 g/mol. The lowest BCUT2D eigenvalue weighted by atomic mass is 9.93. The molecule has 0 spiro atoms. The number of carbonyl (C=O) groups is 1. The minimum Gasteiger partial charge on any atom is -0.394 e. The van der Waals surface area contributed by atoms with Crippen molar-refractivity contribution in [2.45, 2.75) is 57.3 Å². The number of amides is 1. The summed E-state index contributed by atoms with van der Waals surface area (Å²) in [5.41, 5.74) is 5.64. The van der Waals surface area contributed by atoms with E-state index in [0.717, 1.165) is 6.42 Å². The summed E-state index contributed by atoms with van der Waals surface area (Å²) in [6, 6.07) is -1.15. The highest BCUT2D eigenvalue weighted by atomic mass is 16.6. The fourth-order valence-electron chi connectivity index (χ4n) is 2.69. The third kappa shape index (κ3) is 5.15. The Hall–Kier alpha value is -0.770. The Kier molecular flexibility index (Phi) is 7.67. The Morgan fingerprint density at radius 3 is 2.41 bits per heavy atom. The molecule has 8 heteroatoms. The van der Waals surface area contributed by atoms with Crippen LogP contribution < -0.4 is 11.1 Å². The van der Waals surface area contributed by atoms with Gasteiger partial charge in [0.25, 0.3) is 0 Å². The number of hydrogen-bond donors (Lipinski definition) is 6. The summed E-state index contributed by atoms with van der Waals surface area (Å²) in [5.74, 6) is 0.0361. The van der Waals surface area contributed by atoms with Gasteiger partial charge in [-0.2, -0.15) is 0 Å². The lowest BCUT2D eigenvalue weighted by Gasteiger charge is -2.40. The Bertz CT molecular complexity index is 354. The van der Waals surface area contributed by atoms with Crippen molar-refractivity contribution in [2.75, 3.05) is 13.2 Å². The van der Waals surface area contributed by atoms with Crippen molar-refractivity contribution in [3.05, 3.63) is 0 Å². The first-order chi connectivity index (χ1) is 10.3. The molecular formula is C14H28N2O6. The first-order valence-corrected chi connectivity index (χ1v) is 7.60. The van der Waals surface area contributed by atoms with E-state index in [4.69, 9.17) is 15.6 Å². The van der Waals surface area contributed by atoms with Gasteiger partial charge in [-0.25, -0.2) is 0 Å². The highest BCUT2D eigenvalue weighted by Crippen LogP contribution is 2.20. The van der Waals surface area contributed by atoms with Gasteiger partial charge in [-0.3, -0.25) is 4.79 Å². The summed E-state index contributed by atoms with van der Waals surface area (Å²) >= 11 is 0. The number of carbonyl (C=O) groups excluding carboxylic acids is 1. The van der Waals surface area contributed by atoms with E-state index in [9.17, 15) is 20.1 Å². The molecule has 0 aromatic rings. The molecule has 8 nitrogen and oxygen atoms in total. The Labute approximate surface area is 130 Å². The van der Waals surface area contributed by atoms with Gasteiger partial charge >= 0.3 is 0 Å². The minimum absolute atomic E-state index is 0.00825. The molecule has 0 radical (unpaired) electrons.